The summed E-state index contributed by atoms with van der Waals surface area (Å²) < 4.78 is 77.0. The van der Waals surface area contributed by atoms with Crippen molar-refractivity contribution in [2.24, 2.45) is 0 Å². The van der Waals surface area contributed by atoms with Gasteiger partial charge < -0.3 is 0 Å². The summed E-state index contributed by atoms with van der Waals surface area (Å²) in [6, 6.07) is 5.00. The van der Waals surface area contributed by atoms with Gasteiger partial charge in [0.15, 0.2) is 0 Å². The molecule has 4 rings (SSSR count). The number of benzene rings is 1. The van der Waals surface area contributed by atoms with Gasteiger partial charge in [0.05, 0.1) is 0 Å². The van der Waals surface area contributed by atoms with E-state index in [2.05, 4.69) is 13.2 Å². The predicted octanol–water partition coefficient (Wildman–Crippen LogP) is -1.30. The maximum absolute atomic E-state index is 11.5. The van der Waals surface area contributed by atoms with Crippen molar-refractivity contribution in [2.45, 2.75) is 12.8 Å². The van der Waals surface area contributed by atoms with E-state index < -0.39 is 32.0 Å². The Labute approximate surface area is 249 Å². The molecule has 0 radical (unpaired) electrons. The first-order valence-electron chi connectivity index (χ1n) is 8.65. The topological polar surface area (TPSA) is 135 Å². The third kappa shape index (κ3) is 7.00. The number of aryl methyl sites for hydroxylation is 1. The van der Waals surface area contributed by atoms with E-state index >= 15 is 0 Å². The third-order valence-electron chi connectivity index (χ3n) is 4.16. The average molecular weight is 622 g/mol. The molecule has 33 heavy (non-hydrogen) atoms. The molecule has 172 valence electrons. The number of furan rings is 1. The summed E-state index contributed by atoms with van der Waals surface area (Å²) >= 11 is 6.78. The molecule has 0 amide bonds. The summed E-state index contributed by atoms with van der Waals surface area (Å²) in [6.45, 7) is 7.72. The molecule has 1 aliphatic rings. The number of anilines is 1. The van der Waals surface area contributed by atoms with E-state index in [0.717, 1.165) is 15.8 Å². The summed E-state index contributed by atoms with van der Waals surface area (Å²) in [5.74, 6) is -1.60. The van der Waals surface area contributed by atoms with E-state index in [-0.39, 0.29) is 66.3 Å². The van der Waals surface area contributed by atoms with Crippen LogP contribution >= 0.6 is 22.9 Å². The number of fused-ring (bicyclic) bond motifs is 2. The van der Waals surface area contributed by atoms with Gasteiger partial charge in [-0.15, -0.1) is 13.2 Å². The summed E-state index contributed by atoms with van der Waals surface area (Å²) in [6.07, 6.45) is 3.05. The van der Waals surface area contributed by atoms with E-state index in [0.29, 0.717) is 36.3 Å². The zero-order valence-electron chi connectivity index (χ0n) is 17.5. The number of aromatic nitrogens is 1. The zero-order chi connectivity index (χ0) is 23.8. The summed E-state index contributed by atoms with van der Waals surface area (Å²) in [5.41, 5.74) is 1.63. The van der Waals surface area contributed by atoms with Gasteiger partial charge in [-0.05, 0) is 0 Å². The fourth-order valence-electron chi connectivity index (χ4n) is 3.04. The molecule has 15 heteroatoms. The van der Waals surface area contributed by atoms with Crippen molar-refractivity contribution in [1.29, 1.82) is 0 Å². The van der Waals surface area contributed by atoms with Crippen LogP contribution < -0.4 is 65.3 Å². The van der Waals surface area contributed by atoms with Crippen LogP contribution in [0.4, 0.5) is 5.69 Å². The van der Waals surface area contributed by atoms with Crippen molar-refractivity contribution in [3.63, 3.8) is 0 Å². The molecule has 0 saturated carbocycles. The van der Waals surface area contributed by atoms with E-state index in [1.54, 1.807) is 31.2 Å². The second-order valence-electron chi connectivity index (χ2n) is 6.42. The molecule has 0 bridgehead atoms. The van der Waals surface area contributed by atoms with Gasteiger partial charge in [-0.2, -0.15) is 0 Å². The Kier molecular flexibility index (Phi) is 10.0. The smallest absolute Gasteiger partial charge is 1.00 e. The quantitative estimate of drug-likeness (QED) is 0.149. The Bertz CT molecular complexity index is 1430. The van der Waals surface area contributed by atoms with E-state index in [1.807, 2.05) is 0 Å². The fraction of sp³-hybridized carbons (Fsp3) is 0.167. The molecule has 0 spiro atoms. The Morgan fingerprint density at radius 3 is 2.52 bits per heavy atom. The van der Waals surface area contributed by atoms with Crippen LogP contribution in [0.3, 0.4) is 0 Å². The first-order valence-corrected chi connectivity index (χ1v) is 14.7. The molecule has 9 nitrogen and oxygen atoms in total. The summed E-state index contributed by atoms with van der Waals surface area (Å²) in [7, 11) is -9.23. The van der Waals surface area contributed by atoms with Crippen molar-refractivity contribution < 1.29 is 86.3 Å². The third-order valence-corrected chi connectivity index (χ3v) is 8.90. The van der Waals surface area contributed by atoms with Crippen LogP contribution in [-0.4, -0.2) is 46.8 Å². The SMILES string of the molecule is C=C.Cc1coc2sc(C=C3[Se]c4ccc(Cl)cc4N3CS(=O)(=O)[O-])[n+](CS(=O)(=O)[O-])c12.[K+]. The second-order valence-corrected chi connectivity index (χ2v) is 12.8. The van der Waals surface area contributed by atoms with Gasteiger partial charge in [0, 0.05) is 0 Å². The molecule has 2 aromatic heterocycles. The molecule has 1 aromatic carbocycles. The Balaban J connectivity index is 0.00000125. The molecule has 0 aliphatic carbocycles. The van der Waals surface area contributed by atoms with Crippen molar-refractivity contribution in [3.8, 4) is 0 Å². The van der Waals surface area contributed by atoms with Crippen LogP contribution in [-0.2, 0) is 26.1 Å². The predicted molar refractivity (Wildman–Crippen MR) is 122 cm³/mol. The number of nitrogens with zero attached hydrogens (tertiary/aromatic N) is 2. The minimum atomic E-state index is -4.61. The normalized spacial score (nSPS) is 14.7. The Morgan fingerprint density at radius 2 is 1.91 bits per heavy atom. The molecular weight excluding hydrogens is 606 g/mol. The van der Waals surface area contributed by atoms with Crippen LogP contribution in [0.25, 0.3) is 16.5 Å². The van der Waals surface area contributed by atoms with Crippen LogP contribution in [0, 0.1) is 6.92 Å². The molecule has 3 aromatic rings. The molecule has 3 heterocycles. The van der Waals surface area contributed by atoms with Gasteiger partial charge in [-0.1, -0.05) is 0 Å². The van der Waals surface area contributed by atoms with Crippen molar-refractivity contribution in [2.75, 3.05) is 10.8 Å². The molecule has 1 aliphatic heterocycles. The minimum Gasteiger partial charge on any atom is 1.00 e. The maximum atomic E-state index is 11.5. The summed E-state index contributed by atoms with van der Waals surface area (Å²) in [4.78, 5) is 1.78. The largest absolute Gasteiger partial charge is 1.00 e. The number of thiazole rings is 1. The van der Waals surface area contributed by atoms with Crippen LogP contribution in [0.5, 0.6) is 0 Å². The van der Waals surface area contributed by atoms with E-state index in [1.165, 1.54) is 15.7 Å². The van der Waals surface area contributed by atoms with E-state index in [9.17, 15) is 25.9 Å². The molecule has 0 unspecified atom stereocenters. The maximum Gasteiger partial charge on any atom is 1.00 e. The Morgan fingerprint density at radius 1 is 1.24 bits per heavy atom. The molecular formula is C18H16ClKN2O7S3Se. The number of hydrogen-bond acceptors (Lipinski definition) is 9. The monoisotopic (exact) mass is 622 g/mol. The molecule has 0 fully saturated rings. The van der Waals surface area contributed by atoms with Crippen LogP contribution in [0.1, 0.15) is 10.6 Å². The zero-order valence-corrected chi connectivity index (χ0v) is 25.5. The van der Waals surface area contributed by atoms with Gasteiger partial charge in [0.1, 0.15) is 0 Å². The number of rotatable bonds is 5. The van der Waals surface area contributed by atoms with Crippen molar-refractivity contribution in [3.05, 3.63) is 57.8 Å². The number of halogens is 1. The van der Waals surface area contributed by atoms with Gasteiger partial charge in [-0.3, -0.25) is 0 Å². The van der Waals surface area contributed by atoms with Gasteiger partial charge >= 0.3 is 239 Å². The first kappa shape index (κ1) is 29.2. The average Bonchev–Trinajstić information content (AvgIpc) is 3.30. The van der Waals surface area contributed by atoms with Gasteiger partial charge in [0.25, 0.3) is 0 Å². The van der Waals surface area contributed by atoms with Crippen molar-refractivity contribution >= 4 is 84.8 Å². The molecule has 0 N–H and O–H groups in total. The van der Waals surface area contributed by atoms with E-state index in [4.69, 9.17) is 16.0 Å². The van der Waals surface area contributed by atoms with Crippen molar-refractivity contribution in [1.82, 2.24) is 0 Å². The second kappa shape index (κ2) is 11.3. The number of hydrogen-bond donors (Lipinski definition) is 0. The first-order chi connectivity index (χ1) is 14.9. The summed E-state index contributed by atoms with van der Waals surface area (Å²) in [5, 5.41) is 0.770. The molecule has 0 atom stereocenters. The Hall–Kier alpha value is -0.0642. The van der Waals surface area contributed by atoms with Crippen LogP contribution in [0.15, 0.2) is 46.6 Å². The van der Waals surface area contributed by atoms with Crippen LogP contribution in [0.2, 0.25) is 5.02 Å². The van der Waals surface area contributed by atoms with Gasteiger partial charge in [0.2, 0.25) is 0 Å². The molecule has 0 saturated heterocycles. The van der Waals surface area contributed by atoms with Gasteiger partial charge in [-0.25, -0.2) is 0 Å². The fourth-order valence-corrected chi connectivity index (χ4v) is 8.18. The standard InChI is InChI=1S/C16H13ClN2O7S3Se.C2H4.K/c1-9-6-26-16-15(9)19(8-29(23,24)25)13(27-16)5-14-18(7-28(20,21)22)11-4-10(17)2-3-12(11)30-14;1-2;/h2-6H,7-8H2,1H3,(H-,20,21,22,23,24,25);1-2H2;/q;;+1/p-1. The minimum absolute atomic E-state index is 0.